The molecule has 0 aliphatic carbocycles. The van der Waals surface area contributed by atoms with Gasteiger partial charge < -0.3 is 15.2 Å². The van der Waals surface area contributed by atoms with Crippen LogP contribution in [0.2, 0.25) is 0 Å². The van der Waals surface area contributed by atoms with Crippen molar-refractivity contribution in [2.24, 2.45) is 5.73 Å². The zero-order valence-corrected chi connectivity index (χ0v) is 6.83. The minimum absolute atomic E-state index is 0.560. The summed E-state index contributed by atoms with van der Waals surface area (Å²) in [6, 6.07) is 0. The van der Waals surface area contributed by atoms with Crippen molar-refractivity contribution in [3.05, 3.63) is 36.4 Å². The lowest BCUT2D eigenvalue weighted by atomic mass is 10.4. The smallest absolute Gasteiger partial charge is 0.162 e. The molecular weight excluding hydrogens is 142 g/mol. The van der Waals surface area contributed by atoms with Crippen LogP contribution in [0.4, 0.5) is 0 Å². The van der Waals surface area contributed by atoms with Crippen LogP contribution in [0, 0.1) is 0 Å². The summed E-state index contributed by atoms with van der Waals surface area (Å²) in [6.45, 7) is 3.55. The maximum atomic E-state index is 5.17. The molecule has 62 valence electrons. The number of hydrogen-bond donors (Lipinski definition) is 1. The summed E-state index contributed by atoms with van der Waals surface area (Å²) in [5.41, 5.74) is 5.17. The molecule has 0 aliphatic rings. The first kappa shape index (κ1) is 9.62. The molecule has 0 atom stereocenters. The van der Waals surface area contributed by atoms with Gasteiger partial charge in [-0.3, -0.25) is 0 Å². The van der Waals surface area contributed by atoms with Gasteiger partial charge in [0.25, 0.3) is 0 Å². The van der Waals surface area contributed by atoms with Crippen molar-refractivity contribution in [1.82, 2.24) is 0 Å². The van der Waals surface area contributed by atoms with Gasteiger partial charge in [0, 0.05) is 0 Å². The van der Waals surface area contributed by atoms with Crippen LogP contribution in [0.5, 0.6) is 0 Å². The third-order valence-corrected chi connectivity index (χ3v) is 1.12. The third-order valence-electron chi connectivity index (χ3n) is 1.12. The Balaban J connectivity index is 4.61. The van der Waals surface area contributed by atoms with Crippen LogP contribution in [0.1, 0.15) is 0 Å². The number of allylic oxidation sites excluding steroid dienone is 2. The van der Waals surface area contributed by atoms with E-state index in [2.05, 4.69) is 6.58 Å². The second kappa shape index (κ2) is 5.41. The van der Waals surface area contributed by atoms with Crippen LogP contribution < -0.4 is 5.73 Å². The van der Waals surface area contributed by atoms with Crippen molar-refractivity contribution in [1.29, 1.82) is 0 Å². The predicted molar refractivity (Wildman–Crippen MR) is 44.6 cm³/mol. The molecule has 3 heteroatoms. The summed E-state index contributed by atoms with van der Waals surface area (Å²) >= 11 is 0. The average molecular weight is 155 g/mol. The monoisotopic (exact) mass is 155 g/mol. The molecule has 3 nitrogen and oxygen atoms in total. The van der Waals surface area contributed by atoms with Crippen molar-refractivity contribution >= 4 is 0 Å². The number of ether oxygens (including phenoxy) is 2. The average Bonchev–Trinajstić information content (AvgIpc) is 2.05. The summed E-state index contributed by atoms with van der Waals surface area (Å²) in [5.74, 6) is 1.12. The first-order valence-electron chi connectivity index (χ1n) is 3.13. The molecule has 0 aromatic carbocycles. The maximum absolute atomic E-state index is 5.17. The van der Waals surface area contributed by atoms with E-state index in [1.54, 1.807) is 19.3 Å². The van der Waals surface area contributed by atoms with Gasteiger partial charge in [0.15, 0.2) is 11.5 Å². The Kier molecular flexibility index (Phi) is 4.73. The molecule has 0 aliphatic heterocycles. The van der Waals surface area contributed by atoms with E-state index in [1.165, 1.54) is 13.3 Å². The number of hydrogen-bond acceptors (Lipinski definition) is 3. The van der Waals surface area contributed by atoms with Gasteiger partial charge in [-0.15, -0.1) is 0 Å². The van der Waals surface area contributed by atoms with Gasteiger partial charge >= 0.3 is 0 Å². The summed E-state index contributed by atoms with van der Waals surface area (Å²) in [7, 11) is 3.08. The van der Waals surface area contributed by atoms with Crippen LogP contribution >= 0.6 is 0 Å². The highest BCUT2D eigenvalue weighted by Gasteiger charge is 1.98. The molecule has 0 saturated heterocycles. The molecular formula is C8H13NO2. The van der Waals surface area contributed by atoms with Crippen LogP contribution in [-0.2, 0) is 9.47 Å². The van der Waals surface area contributed by atoms with E-state index in [4.69, 9.17) is 15.2 Å². The number of methoxy groups -OCH3 is 2. The van der Waals surface area contributed by atoms with Crippen molar-refractivity contribution in [2.45, 2.75) is 0 Å². The lowest BCUT2D eigenvalue weighted by molar-refractivity contribution is 0.242. The second-order valence-corrected chi connectivity index (χ2v) is 1.70. The normalized spacial score (nSPS) is 12.5. The second-order valence-electron chi connectivity index (χ2n) is 1.70. The minimum Gasteiger partial charge on any atom is -0.493 e. The van der Waals surface area contributed by atoms with Gasteiger partial charge in [0.05, 0.1) is 14.2 Å². The highest BCUT2D eigenvalue weighted by Crippen LogP contribution is 2.07. The molecule has 0 bridgehead atoms. The Hall–Kier alpha value is -1.38. The Bertz CT molecular complexity index is 183. The van der Waals surface area contributed by atoms with Crippen molar-refractivity contribution in [3.8, 4) is 0 Å². The largest absolute Gasteiger partial charge is 0.493 e. The van der Waals surface area contributed by atoms with Gasteiger partial charge in [-0.2, -0.15) is 0 Å². The Labute approximate surface area is 66.8 Å². The number of rotatable bonds is 4. The van der Waals surface area contributed by atoms with Gasteiger partial charge in [0.1, 0.15) is 0 Å². The lowest BCUT2D eigenvalue weighted by Gasteiger charge is -2.05. The summed E-state index contributed by atoms with van der Waals surface area (Å²) in [5, 5.41) is 0. The highest BCUT2D eigenvalue weighted by atomic mass is 16.5. The van der Waals surface area contributed by atoms with Crippen LogP contribution in [-0.4, -0.2) is 14.2 Å². The quantitative estimate of drug-likeness (QED) is 0.489. The minimum atomic E-state index is 0.560. The van der Waals surface area contributed by atoms with Gasteiger partial charge in [-0.05, 0) is 18.4 Å². The topological polar surface area (TPSA) is 44.5 Å². The zero-order valence-electron chi connectivity index (χ0n) is 6.83. The standard InChI is InChI=1S/C8H13NO2/c1-4-7(10-2)8(11-3)5-6-9/h4-6H,1,9H2,2-3H3/b6-5-,8-7-. The SMILES string of the molecule is C=C/C(OC)=C(\C=C/N)OC. The van der Waals surface area contributed by atoms with E-state index in [0.717, 1.165) is 0 Å². The van der Waals surface area contributed by atoms with Crippen LogP contribution in [0.15, 0.2) is 36.4 Å². The molecule has 0 radical (unpaired) electrons. The Morgan fingerprint density at radius 1 is 1.27 bits per heavy atom. The molecule has 0 unspecified atom stereocenters. The van der Waals surface area contributed by atoms with Crippen LogP contribution in [0.25, 0.3) is 0 Å². The van der Waals surface area contributed by atoms with Crippen molar-refractivity contribution in [2.75, 3.05) is 14.2 Å². The van der Waals surface area contributed by atoms with E-state index in [0.29, 0.717) is 11.5 Å². The highest BCUT2D eigenvalue weighted by molar-refractivity contribution is 5.22. The van der Waals surface area contributed by atoms with E-state index < -0.39 is 0 Å². The molecule has 0 amide bonds. The van der Waals surface area contributed by atoms with E-state index in [9.17, 15) is 0 Å². The molecule has 11 heavy (non-hydrogen) atoms. The lowest BCUT2D eigenvalue weighted by Crippen LogP contribution is -1.93. The molecule has 0 saturated carbocycles. The molecule has 0 aromatic heterocycles. The fraction of sp³-hybridized carbons (Fsp3) is 0.250. The van der Waals surface area contributed by atoms with Gasteiger partial charge in [0.2, 0.25) is 0 Å². The number of nitrogens with two attached hydrogens (primary N) is 1. The van der Waals surface area contributed by atoms with Crippen molar-refractivity contribution in [3.63, 3.8) is 0 Å². The molecule has 0 rings (SSSR count). The predicted octanol–water partition coefficient (Wildman–Crippen LogP) is 1.15. The molecule has 0 aromatic rings. The fourth-order valence-electron chi connectivity index (χ4n) is 0.623. The van der Waals surface area contributed by atoms with Gasteiger partial charge in [-0.25, -0.2) is 0 Å². The Morgan fingerprint density at radius 2 is 1.82 bits per heavy atom. The molecule has 0 heterocycles. The van der Waals surface area contributed by atoms with Gasteiger partial charge in [-0.1, -0.05) is 6.58 Å². The summed E-state index contributed by atoms with van der Waals surface area (Å²) < 4.78 is 9.89. The maximum Gasteiger partial charge on any atom is 0.162 e. The van der Waals surface area contributed by atoms with E-state index >= 15 is 0 Å². The van der Waals surface area contributed by atoms with Crippen LogP contribution in [0.3, 0.4) is 0 Å². The summed E-state index contributed by atoms with van der Waals surface area (Å²) in [4.78, 5) is 0. The molecule has 0 spiro atoms. The first-order valence-corrected chi connectivity index (χ1v) is 3.13. The molecule has 0 fully saturated rings. The summed E-state index contributed by atoms with van der Waals surface area (Å²) in [6.07, 6.45) is 4.53. The first-order chi connectivity index (χ1) is 5.29. The van der Waals surface area contributed by atoms with E-state index in [1.807, 2.05) is 0 Å². The Morgan fingerprint density at radius 3 is 2.09 bits per heavy atom. The van der Waals surface area contributed by atoms with Crippen molar-refractivity contribution < 1.29 is 9.47 Å². The zero-order chi connectivity index (χ0) is 8.69. The molecule has 2 N–H and O–H groups in total. The fourth-order valence-corrected chi connectivity index (χ4v) is 0.623. The van der Waals surface area contributed by atoms with E-state index in [-0.39, 0.29) is 0 Å². The third kappa shape index (κ3) is 2.80.